The van der Waals surface area contributed by atoms with Gasteiger partial charge in [-0.25, -0.2) is 4.79 Å². The number of phenolic OH excluding ortho intramolecular Hbond substituents is 1. The van der Waals surface area contributed by atoms with Crippen molar-refractivity contribution >= 4 is 35.1 Å². The van der Waals surface area contributed by atoms with E-state index in [0.717, 1.165) is 0 Å². The minimum atomic E-state index is -0.426. The molecule has 3 amide bonds. The van der Waals surface area contributed by atoms with Gasteiger partial charge in [-0.15, -0.1) is 0 Å². The average Bonchev–Trinajstić information content (AvgIpc) is 2.65. The molecular formula is C17H21Cl2N3O4. The molecule has 0 radical (unpaired) electrons. The number of likely N-dealkylation sites (tertiary alicyclic amines) is 1. The van der Waals surface area contributed by atoms with Crippen LogP contribution < -0.4 is 5.32 Å². The normalized spacial score (nSPS) is 18.7. The summed E-state index contributed by atoms with van der Waals surface area (Å²) < 4.78 is 5.27. The van der Waals surface area contributed by atoms with Gasteiger partial charge in [-0.2, -0.15) is 0 Å². The van der Waals surface area contributed by atoms with Crippen LogP contribution in [0.4, 0.5) is 4.79 Å². The maximum atomic E-state index is 12.5. The third-order valence-corrected chi connectivity index (χ3v) is 5.16. The molecule has 9 heteroatoms. The highest BCUT2D eigenvalue weighted by Gasteiger charge is 2.28. The molecule has 26 heavy (non-hydrogen) atoms. The van der Waals surface area contributed by atoms with Crippen LogP contribution in [0.1, 0.15) is 23.2 Å². The zero-order chi connectivity index (χ0) is 18.7. The molecule has 0 bridgehead atoms. The first-order chi connectivity index (χ1) is 12.5. The summed E-state index contributed by atoms with van der Waals surface area (Å²) in [4.78, 5) is 28.5. The predicted octanol–water partition coefficient (Wildman–Crippen LogP) is 2.35. The number of nitrogens with one attached hydrogen (secondary N) is 1. The van der Waals surface area contributed by atoms with Crippen LogP contribution in [0.15, 0.2) is 12.1 Å². The molecule has 0 saturated carbocycles. The molecule has 2 aliphatic heterocycles. The zero-order valence-corrected chi connectivity index (χ0v) is 15.7. The molecule has 0 spiro atoms. The van der Waals surface area contributed by atoms with Crippen molar-refractivity contribution in [2.45, 2.75) is 18.9 Å². The van der Waals surface area contributed by atoms with E-state index in [1.165, 1.54) is 12.1 Å². The maximum absolute atomic E-state index is 12.5. The Hall–Kier alpha value is -1.70. The summed E-state index contributed by atoms with van der Waals surface area (Å²) in [7, 11) is 0. The summed E-state index contributed by atoms with van der Waals surface area (Å²) in [6.45, 7) is 3.52. The number of amides is 3. The minimum Gasteiger partial charge on any atom is -0.506 e. The Morgan fingerprint density at radius 1 is 1.08 bits per heavy atom. The zero-order valence-electron chi connectivity index (χ0n) is 14.2. The molecule has 2 saturated heterocycles. The molecule has 0 aromatic heterocycles. The molecule has 2 aliphatic rings. The number of hydrogen-bond donors (Lipinski definition) is 2. The Balaban J connectivity index is 1.54. The van der Waals surface area contributed by atoms with E-state index in [0.29, 0.717) is 52.2 Å². The molecule has 1 aromatic rings. The van der Waals surface area contributed by atoms with Gasteiger partial charge >= 0.3 is 6.03 Å². The highest BCUT2D eigenvalue weighted by molar-refractivity contribution is 6.36. The molecule has 0 unspecified atom stereocenters. The number of nitrogens with zero attached hydrogens (tertiary/aromatic N) is 2. The maximum Gasteiger partial charge on any atom is 0.320 e. The molecular weight excluding hydrogens is 381 g/mol. The number of piperidine rings is 1. The van der Waals surface area contributed by atoms with Gasteiger partial charge in [0, 0.05) is 37.2 Å². The highest BCUT2D eigenvalue weighted by atomic mass is 35.5. The van der Waals surface area contributed by atoms with Crippen molar-refractivity contribution < 1.29 is 19.4 Å². The smallest absolute Gasteiger partial charge is 0.320 e. The van der Waals surface area contributed by atoms with E-state index in [4.69, 9.17) is 27.9 Å². The first kappa shape index (κ1) is 19.1. The number of benzene rings is 1. The fourth-order valence-electron chi connectivity index (χ4n) is 3.17. The highest BCUT2D eigenvalue weighted by Crippen LogP contribution is 2.31. The summed E-state index contributed by atoms with van der Waals surface area (Å²) in [5.74, 6) is -0.710. The molecule has 1 aromatic carbocycles. The summed E-state index contributed by atoms with van der Waals surface area (Å²) >= 11 is 11.8. The van der Waals surface area contributed by atoms with Gasteiger partial charge in [0.1, 0.15) is 5.75 Å². The third kappa shape index (κ3) is 4.34. The van der Waals surface area contributed by atoms with Gasteiger partial charge in [0.25, 0.3) is 5.91 Å². The molecule has 0 aliphatic carbocycles. The number of phenols is 1. The number of aromatic hydroxyl groups is 1. The van der Waals surface area contributed by atoms with Crippen molar-refractivity contribution in [3.8, 4) is 5.75 Å². The van der Waals surface area contributed by atoms with Crippen molar-refractivity contribution in [3.63, 3.8) is 0 Å². The second-order valence-corrected chi connectivity index (χ2v) is 7.24. The summed E-state index contributed by atoms with van der Waals surface area (Å²) in [5, 5.41) is 13.2. The fraction of sp³-hybridized carbons (Fsp3) is 0.529. The van der Waals surface area contributed by atoms with Crippen LogP contribution in [0, 0.1) is 0 Å². The molecule has 0 atom stereocenters. The van der Waals surface area contributed by atoms with Gasteiger partial charge in [0.2, 0.25) is 0 Å². The van der Waals surface area contributed by atoms with E-state index in [9.17, 15) is 14.7 Å². The van der Waals surface area contributed by atoms with Gasteiger partial charge in [0.05, 0.1) is 23.8 Å². The lowest BCUT2D eigenvalue weighted by Gasteiger charge is -2.37. The number of ether oxygens (including phenoxy) is 1. The van der Waals surface area contributed by atoms with Crippen LogP contribution in [-0.2, 0) is 4.74 Å². The minimum absolute atomic E-state index is 0.0253. The molecule has 2 heterocycles. The van der Waals surface area contributed by atoms with Crippen LogP contribution in [0.3, 0.4) is 0 Å². The Bertz CT molecular complexity index is 687. The number of morpholine rings is 1. The van der Waals surface area contributed by atoms with Crippen LogP contribution in [0.25, 0.3) is 0 Å². The summed E-state index contributed by atoms with van der Waals surface area (Å²) in [6, 6.07) is 2.71. The average molecular weight is 402 g/mol. The molecule has 3 rings (SSSR count). The number of rotatable bonds is 2. The van der Waals surface area contributed by atoms with Crippen LogP contribution in [0.2, 0.25) is 10.0 Å². The van der Waals surface area contributed by atoms with E-state index in [1.54, 1.807) is 4.90 Å². The van der Waals surface area contributed by atoms with Crippen LogP contribution >= 0.6 is 23.2 Å². The second kappa shape index (κ2) is 8.33. The quantitative estimate of drug-likeness (QED) is 0.796. The van der Waals surface area contributed by atoms with Crippen molar-refractivity contribution in [3.05, 3.63) is 27.7 Å². The van der Waals surface area contributed by atoms with Crippen molar-refractivity contribution in [2.24, 2.45) is 0 Å². The van der Waals surface area contributed by atoms with Crippen molar-refractivity contribution in [1.29, 1.82) is 0 Å². The van der Waals surface area contributed by atoms with Crippen molar-refractivity contribution in [1.82, 2.24) is 15.1 Å². The first-order valence-electron chi connectivity index (χ1n) is 8.56. The van der Waals surface area contributed by atoms with Gasteiger partial charge in [-0.1, -0.05) is 23.2 Å². The lowest BCUT2D eigenvalue weighted by atomic mass is 10.0. The number of urea groups is 1. The number of carbonyl (C=O) groups is 2. The molecule has 142 valence electrons. The first-order valence-corrected chi connectivity index (χ1v) is 9.32. The van der Waals surface area contributed by atoms with Gasteiger partial charge in [-0.05, 0) is 25.0 Å². The van der Waals surface area contributed by atoms with E-state index in [2.05, 4.69) is 5.32 Å². The SMILES string of the molecule is O=C(NC1CCN(C(=O)N2CCOCC2)CC1)c1cc(Cl)cc(Cl)c1O. The largest absolute Gasteiger partial charge is 0.506 e. The fourth-order valence-corrected chi connectivity index (χ4v) is 3.67. The molecule has 7 nitrogen and oxygen atoms in total. The second-order valence-electron chi connectivity index (χ2n) is 6.40. The molecule has 2 N–H and O–H groups in total. The lowest BCUT2D eigenvalue weighted by Crippen LogP contribution is -2.52. The Kier molecular flexibility index (Phi) is 6.11. The Morgan fingerprint density at radius 3 is 2.35 bits per heavy atom. The number of halogens is 2. The third-order valence-electron chi connectivity index (χ3n) is 4.66. The number of hydrogen-bond acceptors (Lipinski definition) is 4. The van der Waals surface area contributed by atoms with Crippen LogP contribution in [-0.4, -0.2) is 72.3 Å². The Labute approximate surface area is 161 Å². The van der Waals surface area contributed by atoms with E-state index in [-0.39, 0.29) is 33.4 Å². The number of carbonyl (C=O) groups excluding carboxylic acids is 2. The topological polar surface area (TPSA) is 82.1 Å². The van der Waals surface area contributed by atoms with Crippen molar-refractivity contribution in [2.75, 3.05) is 39.4 Å². The van der Waals surface area contributed by atoms with Gasteiger partial charge < -0.3 is 25.0 Å². The lowest BCUT2D eigenvalue weighted by molar-refractivity contribution is 0.0407. The van der Waals surface area contributed by atoms with Gasteiger partial charge in [-0.3, -0.25) is 4.79 Å². The van der Waals surface area contributed by atoms with E-state index < -0.39 is 5.91 Å². The monoisotopic (exact) mass is 401 g/mol. The van der Waals surface area contributed by atoms with E-state index in [1.807, 2.05) is 4.90 Å². The van der Waals surface area contributed by atoms with Crippen LogP contribution in [0.5, 0.6) is 5.75 Å². The summed E-state index contributed by atoms with van der Waals surface area (Å²) in [5.41, 5.74) is 0.0503. The standard InChI is InChI=1S/C17H21Cl2N3O4/c18-11-9-13(15(23)14(19)10-11)16(24)20-12-1-3-21(4-2-12)17(25)22-5-7-26-8-6-22/h9-10,12,23H,1-8H2,(H,20,24). The predicted molar refractivity (Wildman–Crippen MR) is 98.0 cm³/mol. The van der Waals surface area contributed by atoms with E-state index >= 15 is 0 Å². The Morgan fingerprint density at radius 2 is 1.69 bits per heavy atom. The van der Waals surface area contributed by atoms with Gasteiger partial charge in [0.15, 0.2) is 0 Å². The molecule has 2 fully saturated rings. The summed E-state index contributed by atoms with van der Waals surface area (Å²) in [6.07, 6.45) is 1.30.